The van der Waals surface area contributed by atoms with Crippen LogP contribution >= 0.6 is 11.5 Å². The molecule has 1 aromatic heterocycles. The second kappa shape index (κ2) is 7.22. The Balaban J connectivity index is 1.99. The molecule has 2 rings (SSSR count). The highest BCUT2D eigenvalue weighted by molar-refractivity contribution is 7.10. The van der Waals surface area contributed by atoms with Crippen molar-refractivity contribution in [1.82, 2.24) is 4.37 Å². The second-order valence-electron chi connectivity index (χ2n) is 5.18. The molecule has 0 fully saturated rings. The van der Waals surface area contributed by atoms with Crippen LogP contribution in [0, 0.1) is 6.92 Å². The van der Waals surface area contributed by atoms with E-state index in [2.05, 4.69) is 9.69 Å². The van der Waals surface area contributed by atoms with Crippen molar-refractivity contribution in [3.63, 3.8) is 0 Å². The van der Waals surface area contributed by atoms with E-state index in [1.807, 2.05) is 0 Å². The second-order valence-corrected chi connectivity index (χ2v) is 5.98. The Morgan fingerprint density at radius 1 is 1.25 bits per heavy atom. The van der Waals surface area contributed by atoms with Crippen LogP contribution in [0.15, 0.2) is 24.3 Å². The number of nitrogens with zero attached hydrogens (tertiary/aromatic N) is 1. The predicted molar refractivity (Wildman–Crippen MR) is 91.2 cm³/mol. The van der Waals surface area contributed by atoms with Gasteiger partial charge in [-0.2, -0.15) is 4.37 Å². The SMILES string of the molecule is CC(=O)c1ccc(NC(=O)[C@@H](C)OC(=O)c2c(C)nsc2N)cc1. The molecule has 24 heavy (non-hydrogen) atoms. The summed E-state index contributed by atoms with van der Waals surface area (Å²) in [5, 5.41) is 2.87. The molecule has 0 unspecified atom stereocenters. The molecule has 0 bridgehead atoms. The first-order valence-corrected chi connectivity index (χ1v) is 7.91. The minimum Gasteiger partial charge on any atom is -0.449 e. The Hall–Kier alpha value is -2.74. The molecule has 0 saturated heterocycles. The van der Waals surface area contributed by atoms with Gasteiger partial charge < -0.3 is 15.8 Å². The standard InChI is InChI=1S/C16H17N3O4S/c1-8-13(14(17)24-19-8)16(22)23-10(3)15(21)18-12-6-4-11(5-7-12)9(2)20/h4-7,10H,17H2,1-3H3,(H,18,21)/t10-/m1/s1. The monoisotopic (exact) mass is 347 g/mol. The Bertz CT molecular complexity index is 764. The minimum atomic E-state index is -1.01. The Kier molecular flexibility index (Phi) is 5.30. The van der Waals surface area contributed by atoms with Crippen molar-refractivity contribution in [3.05, 3.63) is 41.1 Å². The van der Waals surface area contributed by atoms with Crippen LogP contribution in [0.4, 0.5) is 10.7 Å². The number of hydrogen-bond donors (Lipinski definition) is 2. The van der Waals surface area contributed by atoms with E-state index in [0.29, 0.717) is 16.9 Å². The van der Waals surface area contributed by atoms with Crippen molar-refractivity contribution in [2.45, 2.75) is 26.9 Å². The van der Waals surface area contributed by atoms with E-state index in [1.54, 1.807) is 31.2 Å². The molecule has 1 aromatic carbocycles. The number of nitrogens with one attached hydrogen (secondary N) is 1. The molecule has 1 atom stereocenters. The van der Waals surface area contributed by atoms with E-state index in [0.717, 1.165) is 11.5 Å². The molecule has 8 heteroatoms. The minimum absolute atomic E-state index is 0.0625. The summed E-state index contributed by atoms with van der Waals surface area (Å²) < 4.78 is 9.10. The van der Waals surface area contributed by atoms with Gasteiger partial charge in [0.1, 0.15) is 10.6 Å². The lowest BCUT2D eigenvalue weighted by molar-refractivity contribution is -0.123. The van der Waals surface area contributed by atoms with Crippen LogP contribution in [0.3, 0.4) is 0 Å². The van der Waals surface area contributed by atoms with Crippen molar-refractivity contribution in [2.24, 2.45) is 0 Å². The number of hydrogen-bond acceptors (Lipinski definition) is 7. The number of nitrogens with two attached hydrogens (primary N) is 1. The van der Waals surface area contributed by atoms with E-state index in [9.17, 15) is 14.4 Å². The number of benzene rings is 1. The van der Waals surface area contributed by atoms with Crippen LogP contribution in [0.2, 0.25) is 0 Å². The molecule has 0 aliphatic carbocycles. The van der Waals surface area contributed by atoms with Gasteiger partial charge in [0.25, 0.3) is 5.91 Å². The molecule has 0 radical (unpaired) electrons. The first-order valence-electron chi connectivity index (χ1n) is 7.14. The number of Topliss-reactive ketones (excluding diaryl/α,β-unsaturated/α-hetero) is 1. The van der Waals surface area contributed by atoms with Crippen molar-refractivity contribution in [3.8, 4) is 0 Å². The number of carbonyl (C=O) groups excluding carboxylic acids is 3. The third-order valence-electron chi connectivity index (χ3n) is 3.31. The number of rotatable bonds is 5. The van der Waals surface area contributed by atoms with Crippen LogP contribution in [0.1, 0.15) is 40.3 Å². The summed E-state index contributed by atoms with van der Waals surface area (Å²) in [5.74, 6) is -1.24. The summed E-state index contributed by atoms with van der Waals surface area (Å²) in [6, 6.07) is 6.42. The maximum atomic E-state index is 12.1. The zero-order chi connectivity index (χ0) is 17.9. The summed E-state index contributed by atoms with van der Waals surface area (Å²) in [5.41, 5.74) is 7.38. The van der Waals surface area contributed by atoms with Gasteiger partial charge in [0.15, 0.2) is 11.9 Å². The maximum absolute atomic E-state index is 12.1. The summed E-state index contributed by atoms with van der Waals surface area (Å²) in [6.07, 6.45) is -1.01. The van der Waals surface area contributed by atoms with E-state index < -0.39 is 18.0 Å². The van der Waals surface area contributed by atoms with Crippen molar-refractivity contribution in [2.75, 3.05) is 11.1 Å². The smallest absolute Gasteiger partial charge is 0.343 e. The lowest BCUT2D eigenvalue weighted by atomic mass is 10.1. The number of carbonyl (C=O) groups is 3. The summed E-state index contributed by atoms with van der Waals surface area (Å²) in [7, 11) is 0. The van der Waals surface area contributed by atoms with Crippen molar-refractivity contribution < 1.29 is 19.1 Å². The van der Waals surface area contributed by atoms with Crippen LogP contribution in [0.5, 0.6) is 0 Å². The molecular weight excluding hydrogens is 330 g/mol. The molecule has 1 heterocycles. The van der Waals surface area contributed by atoms with Crippen molar-refractivity contribution in [1.29, 1.82) is 0 Å². The third-order valence-corrected chi connectivity index (χ3v) is 4.07. The zero-order valence-electron chi connectivity index (χ0n) is 13.5. The van der Waals surface area contributed by atoms with Gasteiger partial charge in [-0.1, -0.05) is 0 Å². The summed E-state index contributed by atoms with van der Waals surface area (Å²) in [6.45, 7) is 4.56. The molecule has 0 saturated carbocycles. The predicted octanol–water partition coefficient (Wildman–Crippen LogP) is 2.42. The topological polar surface area (TPSA) is 111 Å². The van der Waals surface area contributed by atoms with Gasteiger partial charge in [0.05, 0.1) is 5.69 Å². The normalized spacial score (nSPS) is 11.6. The fraction of sp³-hybridized carbons (Fsp3) is 0.250. The molecule has 0 spiro atoms. The number of anilines is 2. The van der Waals surface area contributed by atoms with E-state index in [-0.39, 0.29) is 16.3 Å². The van der Waals surface area contributed by atoms with E-state index in [4.69, 9.17) is 10.5 Å². The number of ketones is 1. The van der Waals surface area contributed by atoms with Crippen LogP contribution < -0.4 is 11.1 Å². The van der Waals surface area contributed by atoms with E-state index >= 15 is 0 Å². The van der Waals surface area contributed by atoms with Crippen LogP contribution in [0.25, 0.3) is 0 Å². The highest BCUT2D eigenvalue weighted by Crippen LogP contribution is 2.22. The van der Waals surface area contributed by atoms with Crippen LogP contribution in [-0.4, -0.2) is 28.1 Å². The van der Waals surface area contributed by atoms with Gasteiger partial charge in [0, 0.05) is 11.3 Å². The van der Waals surface area contributed by atoms with Crippen LogP contribution in [-0.2, 0) is 9.53 Å². The molecule has 0 aliphatic rings. The van der Waals surface area contributed by atoms with Crippen molar-refractivity contribution >= 4 is 39.9 Å². The first-order chi connectivity index (χ1) is 11.3. The Labute approximate surface area is 143 Å². The largest absolute Gasteiger partial charge is 0.449 e. The molecule has 0 aliphatic heterocycles. The number of amides is 1. The Morgan fingerprint density at radius 2 is 1.88 bits per heavy atom. The number of nitrogen functional groups attached to an aromatic ring is 1. The first kappa shape index (κ1) is 17.6. The third kappa shape index (κ3) is 3.96. The van der Waals surface area contributed by atoms with Gasteiger partial charge in [-0.25, -0.2) is 4.79 Å². The molecule has 1 amide bonds. The molecule has 2 aromatic rings. The molecule has 3 N–H and O–H groups in total. The highest BCUT2D eigenvalue weighted by atomic mass is 32.1. The van der Waals surface area contributed by atoms with Gasteiger partial charge in [-0.05, 0) is 56.6 Å². The number of esters is 1. The van der Waals surface area contributed by atoms with Gasteiger partial charge in [-0.3, -0.25) is 9.59 Å². The number of ether oxygens (including phenoxy) is 1. The zero-order valence-corrected chi connectivity index (χ0v) is 14.3. The lowest BCUT2D eigenvalue weighted by Crippen LogP contribution is -2.30. The Morgan fingerprint density at radius 3 is 2.38 bits per heavy atom. The van der Waals surface area contributed by atoms with Gasteiger partial charge >= 0.3 is 5.97 Å². The summed E-state index contributed by atoms with van der Waals surface area (Å²) >= 11 is 1.000. The highest BCUT2D eigenvalue weighted by Gasteiger charge is 2.23. The van der Waals surface area contributed by atoms with Gasteiger partial charge in [-0.15, -0.1) is 0 Å². The quantitative estimate of drug-likeness (QED) is 0.634. The lowest BCUT2D eigenvalue weighted by Gasteiger charge is -2.13. The fourth-order valence-corrected chi connectivity index (χ4v) is 2.59. The summed E-state index contributed by atoms with van der Waals surface area (Å²) in [4.78, 5) is 35.4. The fourth-order valence-electron chi connectivity index (χ4n) is 1.94. The average molecular weight is 347 g/mol. The average Bonchev–Trinajstić information content (AvgIpc) is 2.86. The van der Waals surface area contributed by atoms with E-state index in [1.165, 1.54) is 13.8 Å². The maximum Gasteiger partial charge on any atom is 0.343 e. The molecule has 126 valence electrons. The number of aryl methyl sites for hydroxylation is 1. The molecule has 7 nitrogen and oxygen atoms in total. The van der Waals surface area contributed by atoms with Gasteiger partial charge in [0.2, 0.25) is 0 Å². The number of aromatic nitrogens is 1. The molecular formula is C16H17N3O4S.